The van der Waals surface area contributed by atoms with E-state index in [9.17, 15) is 4.79 Å². The summed E-state index contributed by atoms with van der Waals surface area (Å²) in [7, 11) is 0. The molecule has 2 N–H and O–H groups in total. The van der Waals surface area contributed by atoms with E-state index in [1.807, 2.05) is 13.8 Å². The number of primary amides is 1. The molecule has 0 spiro atoms. The Morgan fingerprint density at radius 3 is 2.69 bits per heavy atom. The van der Waals surface area contributed by atoms with Gasteiger partial charge in [0.25, 0.3) is 5.91 Å². The summed E-state index contributed by atoms with van der Waals surface area (Å²) in [5.74, 6) is -0.497. The smallest absolute Gasteiger partial charge is 0.271 e. The zero-order chi connectivity index (χ0) is 9.84. The molecule has 72 valence electrons. The molecule has 0 aliphatic carbocycles. The van der Waals surface area contributed by atoms with E-state index < -0.39 is 5.91 Å². The van der Waals surface area contributed by atoms with Crippen molar-refractivity contribution in [3.05, 3.63) is 11.4 Å². The van der Waals surface area contributed by atoms with E-state index >= 15 is 0 Å². The molecule has 0 bridgehead atoms. The van der Waals surface area contributed by atoms with Crippen LogP contribution < -0.4 is 5.73 Å². The SMILES string of the molecule is CCCc1c(C(N)=O)nnn1CC. The van der Waals surface area contributed by atoms with Crippen LogP contribution in [0.25, 0.3) is 0 Å². The standard InChI is InChI=1S/C8H14N4O/c1-3-5-6-7(8(9)13)10-11-12(6)4-2/h3-5H2,1-2H3,(H2,9,13). The number of amides is 1. The van der Waals surface area contributed by atoms with Crippen LogP contribution >= 0.6 is 0 Å². The van der Waals surface area contributed by atoms with Crippen LogP contribution in [-0.4, -0.2) is 20.9 Å². The van der Waals surface area contributed by atoms with E-state index in [0.717, 1.165) is 25.1 Å². The van der Waals surface area contributed by atoms with Gasteiger partial charge in [-0.2, -0.15) is 0 Å². The fourth-order valence-electron chi connectivity index (χ4n) is 1.26. The van der Waals surface area contributed by atoms with Gasteiger partial charge in [-0.3, -0.25) is 4.79 Å². The molecule has 1 amide bonds. The zero-order valence-corrected chi connectivity index (χ0v) is 7.95. The van der Waals surface area contributed by atoms with Gasteiger partial charge < -0.3 is 5.73 Å². The molecule has 0 saturated carbocycles. The van der Waals surface area contributed by atoms with Crippen molar-refractivity contribution in [3.63, 3.8) is 0 Å². The Hall–Kier alpha value is -1.39. The highest BCUT2D eigenvalue weighted by Crippen LogP contribution is 2.07. The number of hydrogen-bond donors (Lipinski definition) is 1. The van der Waals surface area contributed by atoms with E-state index in [2.05, 4.69) is 10.3 Å². The molecular weight excluding hydrogens is 168 g/mol. The van der Waals surface area contributed by atoms with Crippen LogP contribution in [0, 0.1) is 0 Å². The molecule has 0 aromatic carbocycles. The molecule has 1 aromatic heterocycles. The normalized spacial score (nSPS) is 10.3. The van der Waals surface area contributed by atoms with Crippen LogP contribution in [0.15, 0.2) is 0 Å². The topological polar surface area (TPSA) is 73.8 Å². The highest BCUT2D eigenvalue weighted by molar-refractivity contribution is 5.91. The summed E-state index contributed by atoms with van der Waals surface area (Å²) in [6.45, 7) is 4.71. The number of rotatable bonds is 4. The van der Waals surface area contributed by atoms with Crippen molar-refractivity contribution in [1.82, 2.24) is 15.0 Å². The van der Waals surface area contributed by atoms with Gasteiger partial charge in [0.1, 0.15) is 0 Å². The van der Waals surface area contributed by atoms with E-state index in [0.29, 0.717) is 5.69 Å². The first-order chi connectivity index (χ1) is 6.20. The van der Waals surface area contributed by atoms with Crippen LogP contribution in [0.3, 0.4) is 0 Å². The summed E-state index contributed by atoms with van der Waals surface area (Å²) in [5.41, 5.74) is 6.31. The van der Waals surface area contributed by atoms with Gasteiger partial charge in [0, 0.05) is 6.54 Å². The van der Waals surface area contributed by atoms with E-state index in [4.69, 9.17) is 5.73 Å². The Kier molecular flexibility index (Phi) is 3.00. The van der Waals surface area contributed by atoms with E-state index in [1.54, 1.807) is 4.68 Å². The summed E-state index contributed by atoms with van der Waals surface area (Å²) < 4.78 is 1.71. The maximum Gasteiger partial charge on any atom is 0.271 e. The molecular formula is C8H14N4O. The molecule has 1 rings (SSSR count). The van der Waals surface area contributed by atoms with Gasteiger partial charge in [0.15, 0.2) is 5.69 Å². The van der Waals surface area contributed by atoms with Crippen molar-refractivity contribution >= 4 is 5.91 Å². The number of hydrogen-bond acceptors (Lipinski definition) is 3. The quantitative estimate of drug-likeness (QED) is 0.730. The molecule has 0 radical (unpaired) electrons. The monoisotopic (exact) mass is 182 g/mol. The molecule has 0 atom stereocenters. The fraction of sp³-hybridized carbons (Fsp3) is 0.625. The van der Waals surface area contributed by atoms with Crippen molar-refractivity contribution in [2.45, 2.75) is 33.2 Å². The second-order valence-electron chi connectivity index (χ2n) is 2.81. The molecule has 0 aliphatic heterocycles. The van der Waals surface area contributed by atoms with Crippen LogP contribution in [0.1, 0.15) is 36.5 Å². The van der Waals surface area contributed by atoms with Crippen molar-refractivity contribution in [2.75, 3.05) is 0 Å². The summed E-state index contributed by atoms with van der Waals surface area (Å²) in [4.78, 5) is 10.9. The first-order valence-corrected chi connectivity index (χ1v) is 4.42. The van der Waals surface area contributed by atoms with E-state index in [-0.39, 0.29) is 0 Å². The molecule has 0 unspecified atom stereocenters. The summed E-state index contributed by atoms with van der Waals surface area (Å²) >= 11 is 0. The fourth-order valence-corrected chi connectivity index (χ4v) is 1.26. The van der Waals surface area contributed by atoms with Crippen LogP contribution in [0.4, 0.5) is 0 Å². The number of nitrogens with zero attached hydrogens (tertiary/aromatic N) is 3. The zero-order valence-electron chi connectivity index (χ0n) is 7.95. The van der Waals surface area contributed by atoms with Gasteiger partial charge in [0.05, 0.1) is 5.69 Å². The maximum absolute atomic E-state index is 10.9. The van der Waals surface area contributed by atoms with E-state index in [1.165, 1.54) is 0 Å². The van der Waals surface area contributed by atoms with Crippen LogP contribution in [0.5, 0.6) is 0 Å². The molecule has 1 aromatic rings. The van der Waals surface area contributed by atoms with Crippen LogP contribution in [0.2, 0.25) is 0 Å². The third-order valence-electron chi connectivity index (χ3n) is 1.86. The lowest BCUT2D eigenvalue weighted by molar-refractivity contribution is 0.0994. The van der Waals surface area contributed by atoms with Crippen molar-refractivity contribution < 1.29 is 4.79 Å². The van der Waals surface area contributed by atoms with Gasteiger partial charge in [0.2, 0.25) is 0 Å². The number of aromatic nitrogens is 3. The first-order valence-electron chi connectivity index (χ1n) is 4.42. The van der Waals surface area contributed by atoms with Crippen LogP contribution in [-0.2, 0) is 13.0 Å². The van der Waals surface area contributed by atoms with Gasteiger partial charge in [-0.05, 0) is 13.3 Å². The maximum atomic E-state index is 10.9. The summed E-state index contributed by atoms with van der Waals surface area (Å²) in [6.07, 6.45) is 1.74. The Morgan fingerprint density at radius 2 is 2.23 bits per heavy atom. The molecule has 0 saturated heterocycles. The number of aryl methyl sites for hydroxylation is 1. The second-order valence-corrected chi connectivity index (χ2v) is 2.81. The Bertz CT molecular complexity index is 305. The van der Waals surface area contributed by atoms with Gasteiger partial charge in [-0.1, -0.05) is 18.6 Å². The predicted octanol–water partition coefficient (Wildman–Crippen LogP) is 0.349. The van der Waals surface area contributed by atoms with Crippen molar-refractivity contribution in [2.24, 2.45) is 5.73 Å². The minimum Gasteiger partial charge on any atom is -0.364 e. The van der Waals surface area contributed by atoms with Gasteiger partial charge >= 0.3 is 0 Å². The summed E-state index contributed by atoms with van der Waals surface area (Å²) in [6, 6.07) is 0. The molecule has 5 heteroatoms. The lowest BCUT2D eigenvalue weighted by Crippen LogP contribution is -2.15. The largest absolute Gasteiger partial charge is 0.364 e. The minimum absolute atomic E-state index is 0.309. The first kappa shape index (κ1) is 9.70. The van der Waals surface area contributed by atoms with Crippen molar-refractivity contribution in [3.8, 4) is 0 Å². The molecule has 5 nitrogen and oxygen atoms in total. The molecule has 13 heavy (non-hydrogen) atoms. The van der Waals surface area contributed by atoms with Gasteiger partial charge in [-0.25, -0.2) is 4.68 Å². The highest BCUT2D eigenvalue weighted by atomic mass is 16.1. The average molecular weight is 182 g/mol. The number of nitrogens with two attached hydrogens (primary N) is 1. The highest BCUT2D eigenvalue weighted by Gasteiger charge is 2.14. The molecule has 1 heterocycles. The lowest BCUT2D eigenvalue weighted by atomic mass is 10.2. The average Bonchev–Trinajstić information content (AvgIpc) is 2.48. The number of carbonyl (C=O) groups excluding carboxylic acids is 1. The number of carbonyl (C=O) groups is 1. The third-order valence-corrected chi connectivity index (χ3v) is 1.86. The molecule has 0 aliphatic rings. The predicted molar refractivity (Wildman–Crippen MR) is 48.2 cm³/mol. The molecule has 0 fully saturated rings. The second kappa shape index (κ2) is 4.02. The minimum atomic E-state index is -0.497. The summed E-state index contributed by atoms with van der Waals surface area (Å²) in [5, 5.41) is 7.58. The Labute approximate surface area is 76.9 Å². The Balaban J connectivity index is 3.06. The Morgan fingerprint density at radius 1 is 1.54 bits per heavy atom. The van der Waals surface area contributed by atoms with Crippen molar-refractivity contribution in [1.29, 1.82) is 0 Å². The lowest BCUT2D eigenvalue weighted by Gasteiger charge is -2.01. The third kappa shape index (κ3) is 1.85. The van der Waals surface area contributed by atoms with Gasteiger partial charge in [-0.15, -0.1) is 5.10 Å².